The number of carbonyl (C=O) groups is 3. The monoisotopic (exact) mass is 462 g/mol. The summed E-state index contributed by atoms with van der Waals surface area (Å²) in [6.07, 6.45) is 6.33. The third-order valence-corrected chi connectivity index (χ3v) is 5.13. The highest BCUT2D eigenvalue weighted by Gasteiger charge is 2.22. The fourth-order valence-corrected chi connectivity index (χ4v) is 3.55. The topological polar surface area (TPSA) is 103 Å². The van der Waals surface area contributed by atoms with E-state index in [1.165, 1.54) is 18.3 Å². The summed E-state index contributed by atoms with van der Waals surface area (Å²) in [5.74, 6) is -1.26. The minimum absolute atomic E-state index is 0.173. The van der Waals surface area contributed by atoms with Crippen LogP contribution >= 0.6 is 11.6 Å². The highest BCUT2D eigenvalue weighted by molar-refractivity contribution is 6.30. The average Bonchev–Trinajstić information content (AvgIpc) is 3.22. The number of nitrogens with one attached hydrogen (secondary N) is 1. The van der Waals surface area contributed by atoms with Gasteiger partial charge < -0.3 is 14.5 Å². The van der Waals surface area contributed by atoms with Crippen molar-refractivity contribution in [2.45, 2.75) is 13.5 Å². The molecule has 1 N–H and O–H groups in total. The first kappa shape index (κ1) is 22.2. The summed E-state index contributed by atoms with van der Waals surface area (Å²) in [6, 6.07) is 11.2. The maximum atomic E-state index is 13.0. The molecule has 4 aromatic rings. The van der Waals surface area contributed by atoms with Crippen molar-refractivity contribution in [2.75, 3.05) is 6.61 Å². The van der Waals surface area contributed by atoms with Crippen LogP contribution in [-0.4, -0.2) is 38.6 Å². The van der Waals surface area contributed by atoms with E-state index in [2.05, 4.69) is 15.3 Å². The van der Waals surface area contributed by atoms with Gasteiger partial charge in [-0.15, -0.1) is 0 Å². The van der Waals surface area contributed by atoms with Gasteiger partial charge in [-0.1, -0.05) is 17.7 Å². The largest absolute Gasteiger partial charge is 0.462 e. The van der Waals surface area contributed by atoms with Crippen LogP contribution in [0.25, 0.3) is 5.52 Å². The van der Waals surface area contributed by atoms with Gasteiger partial charge in [0.15, 0.2) is 5.78 Å². The number of halogens is 1. The predicted molar refractivity (Wildman–Crippen MR) is 121 cm³/mol. The molecule has 0 bridgehead atoms. The third kappa shape index (κ3) is 4.75. The van der Waals surface area contributed by atoms with Crippen molar-refractivity contribution >= 4 is 34.8 Å². The van der Waals surface area contributed by atoms with Gasteiger partial charge in [-0.3, -0.25) is 14.6 Å². The molecule has 33 heavy (non-hydrogen) atoms. The number of carbonyl (C=O) groups excluding carboxylic acids is 3. The van der Waals surface area contributed by atoms with Crippen molar-refractivity contribution in [1.82, 2.24) is 19.7 Å². The first-order valence-corrected chi connectivity index (χ1v) is 10.5. The second-order valence-electron chi connectivity index (χ2n) is 7.07. The van der Waals surface area contributed by atoms with Crippen LogP contribution in [-0.2, 0) is 11.3 Å². The van der Waals surface area contributed by atoms with Crippen LogP contribution in [0.15, 0.2) is 67.3 Å². The van der Waals surface area contributed by atoms with E-state index in [-0.39, 0.29) is 41.3 Å². The van der Waals surface area contributed by atoms with E-state index in [1.54, 1.807) is 54.2 Å². The molecule has 0 aliphatic carbocycles. The Hall–Kier alpha value is -4.04. The van der Waals surface area contributed by atoms with Crippen molar-refractivity contribution in [3.05, 3.63) is 100 Å². The lowest BCUT2D eigenvalue weighted by molar-refractivity contribution is 0.0528. The first-order chi connectivity index (χ1) is 16.0. The van der Waals surface area contributed by atoms with E-state index >= 15 is 0 Å². The predicted octanol–water partition coefficient (Wildman–Crippen LogP) is 3.72. The highest BCUT2D eigenvalue weighted by atomic mass is 35.5. The van der Waals surface area contributed by atoms with Crippen LogP contribution in [0.5, 0.6) is 0 Å². The Labute approximate surface area is 194 Å². The zero-order chi connectivity index (χ0) is 23.4. The summed E-state index contributed by atoms with van der Waals surface area (Å²) in [4.78, 5) is 46.4. The summed E-state index contributed by atoms with van der Waals surface area (Å²) in [6.45, 7) is 2.14. The maximum Gasteiger partial charge on any atom is 0.340 e. The molecule has 0 aliphatic rings. The summed E-state index contributed by atoms with van der Waals surface area (Å²) < 4.78 is 6.71. The normalized spacial score (nSPS) is 10.7. The van der Waals surface area contributed by atoms with E-state index in [4.69, 9.17) is 16.3 Å². The number of hydrogen-bond acceptors (Lipinski definition) is 6. The molecule has 8 nitrogen and oxygen atoms in total. The summed E-state index contributed by atoms with van der Waals surface area (Å²) >= 11 is 5.91. The number of amides is 1. The van der Waals surface area contributed by atoms with E-state index in [0.29, 0.717) is 16.6 Å². The number of aromatic nitrogens is 3. The Kier molecular flexibility index (Phi) is 6.46. The molecule has 0 saturated carbocycles. The van der Waals surface area contributed by atoms with Crippen LogP contribution < -0.4 is 5.32 Å². The number of hydrogen-bond donors (Lipinski definition) is 1. The van der Waals surface area contributed by atoms with Crippen LogP contribution in [0.3, 0.4) is 0 Å². The smallest absolute Gasteiger partial charge is 0.340 e. The Balaban J connectivity index is 1.71. The molecule has 166 valence electrons. The summed E-state index contributed by atoms with van der Waals surface area (Å²) in [5, 5.41) is 3.02. The first-order valence-electron chi connectivity index (χ1n) is 10.1. The molecule has 9 heteroatoms. The van der Waals surface area contributed by atoms with Crippen LogP contribution in [0.1, 0.15) is 49.3 Å². The van der Waals surface area contributed by atoms with Crippen molar-refractivity contribution in [1.29, 1.82) is 0 Å². The molecule has 0 aromatic carbocycles. The lowest BCUT2D eigenvalue weighted by atomic mass is 10.0. The number of pyridine rings is 3. The Bertz CT molecular complexity index is 1350. The zero-order valence-electron chi connectivity index (χ0n) is 17.6. The molecule has 0 atom stereocenters. The van der Waals surface area contributed by atoms with Gasteiger partial charge in [0, 0.05) is 42.5 Å². The molecule has 1 amide bonds. The van der Waals surface area contributed by atoms with E-state index in [1.807, 2.05) is 6.07 Å². The van der Waals surface area contributed by atoms with Gasteiger partial charge in [0.05, 0.1) is 17.7 Å². The molecule has 0 aliphatic heterocycles. The van der Waals surface area contributed by atoms with E-state index in [9.17, 15) is 14.4 Å². The summed E-state index contributed by atoms with van der Waals surface area (Å²) in [5.41, 5.74) is 2.33. The Morgan fingerprint density at radius 2 is 1.91 bits per heavy atom. The molecular weight excluding hydrogens is 444 g/mol. The van der Waals surface area contributed by atoms with Gasteiger partial charge in [-0.25, -0.2) is 9.78 Å². The van der Waals surface area contributed by atoms with Crippen molar-refractivity contribution in [2.24, 2.45) is 0 Å². The Morgan fingerprint density at radius 1 is 1.09 bits per heavy atom. The average molecular weight is 463 g/mol. The SMILES string of the molecule is CCOC(=O)c1cc(C(=O)NCc2cccnc2)n2ccc(C(=O)c3ccnc(Cl)c3)cc12. The quantitative estimate of drug-likeness (QED) is 0.255. The number of rotatable bonds is 7. The molecule has 4 heterocycles. The second kappa shape index (κ2) is 9.62. The number of esters is 1. The molecular formula is C24H19ClN4O4. The van der Waals surface area contributed by atoms with Gasteiger partial charge in [0.2, 0.25) is 0 Å². The van der Waals surface area contributed by atoms with Gasteiger partial charge in [0.1, 0.15) is 10.8 Å². The van der Waals surface area contributed by atoms with Crippen LogP contribution in [0.4, 0.5) is 0 Å². The molecule has 4 aromatic heterocycles. The maximum absolute atomic E-state index is 13.0. The van der Waals surface area contributed by atoms with Gasteiger partial charge in [-0.2, -0.15) is 0 Å². The number of ether oxygens (including phenoxy) is 1. The standard InChI is InChI=1S/C24H19ClN4O4/c1-2-33-24(32)18-12-20(23(31)28-14-15-4-3-7-26-13-15)29-9-6-17(10-19(18)29)22(30)16-5-8-27-21(25)11-16/h3-13H,2,14H2,1H3,(H,28,31). The fourth-order valence-electron chi connectivity index (χ4n) is 3.37. The lowest BCUT2D eigenvalue weighted by Gasteiger charge is -2.07. The zero-order valence-corrected chi connectivity index (χ0v) is 18.4. The fraction of sp³-hybridized carbons (Fsp3) is 0.125. The van der Waals surface area contributed by atoms with Crippen LogP contribution in [0, 0.1) is 0 Å². The number of fused-ring (bicyclic) bond motifs is 1. The second-order valence-corrected chi connectivity index (χ2v) is 7.46. The van der Waals surface area contributed by atoms with Crippen molar-refractivity contribution in [3.8, 4) is 0 Å². The number of ketones is 1. The highest BCUT2D eigenvalue weighted by Crippen LogP contribution is 2.22. The van der Waals surface area contributed by atoms with E-state index in [0.717, 1.165) is 5.56 Å². The molecule has 0 saturated heterocycles. The van der Waals surface area contributed by atoms with Crippen molar-refractivity contribution < 1.29 is 19.1 Å². The van der Waals surface area contributed by atoms with Crippen molar-refractivity contribution in [3.63, 3.8) is 0 Å². The summed E-state index contributed by atoms with van der Waals surface area (Å²) in [7, 11) is 0. The van der Waals surface area contributed by atoms with Gasteiger partial charge in [0.25, 0.3) is 5.91 Å². The molecule has 0 fully saturated rings. The third-order valence-electron chi connectivity index (χ3n) is 4.93. The minimum atomic E-state index is -0.585. The Morgan fingerprint density at radius 3 is 2.64 bits per heavy atom. The molecule has 0 radical (unpaired) electrons. The molecule has 0 unspecified atom stereocenters. The van der Waals surface area contributed by atoms with Crippen LogP contribution in [0.2, 0.25) is 5.15 Å². The number of nitrogens with zero attached hydrogens (tertiary/aromatic N) is 3. The lowest BCUT2D eigenvalue weighted by Crippen LogP contribution is -2.24. The van der Waals surface area contributed by atoms with Gasteiger partial charge >= 0.3 is 5.97 Å². The van der Waals surface area contributed by atoms with E-state index < -0.39 is 5.97 Å². The molecule has 0 spiro atoms. The molecule has 4 rings (SSSR count). The minimum Gasteiger partial charge on any atom is -0.462 e. The van der Waals surface area contributed by atoms with Gasteiger partial charge in [-0.05, 0) is 48.9 Å².